The Balaban J connectivity index is 2.01. The zero-order chi connectivity index (χ0) is 20.2. The Kier molecular flexibility index (Phi) is 6.26. The molecule has 0 aliphatic carbocycles. The molecule has 0 saturated carbocycles. The first-order valence-electron chi connectivity index (χ1n) is 7.42. The van der Waals surface area contributed by atoms with Gasteiger partial charge in [-0.25, -0.2) is 17.2 Å². The molecule has 1 atom stereocenters. The Morgan fingerprint density at radius 2 is 1.74 bits per heavy atom. The monoisotopic (exact) mass is 411 g/mol. The van der Waals surface area contributed by atoms with Crippen LogP contribution in [0.4, 0.5) is 27.6 Å². The van der Waals surface area contributed by atoms with Crippen LogP contribution >= 0.6 is 0 Å². The Morgan fingerprint density at radius 3 is 2.37 bits per heavy atom. The van der Waals surface area contributed by atoms with Gasteiger partial charge in [-0.15, -0.1) is 0 Å². The normalized spacial score (nSPS) is 13.3. The van der Waals surface area contributed by atoms with Gasteiger partial charge in [0.05, 0.1) is 10.6 Å². The molecule has 5 nitrogen and oxygen atoms in total. The third-order valence-electron chi connectivity index (χ3n) is 3.34. The molecule has 27 heavy (non-hydrogen) atoms. The van der Waals surface area contributed by atoms with Crippen LogP contribution in [0.3, 0.4) is 0 Å². The summed E-state index contributed by atoms with van der Waals surface area (Å²) in [5, 5.41) is 12.2. The number of aliphatic hydroxyl groups is 1. The fourth-order valence-electron chi connectivity index (χ4n) is 2.02. The van der Waals surface area contributed by atoms with Crippen LogP contribution in [0.1, 0.15) is 0 Å². The molecule has 0 saturated heterocycles. The number of nitrogens with one attached hydrogen (secondary N) is 1. The fraction of sp³-hybridized carbons (Fsp3) is 0.250. The molecule has 0 spiro atoms. The fourth-order valence-corrected chi connectivity index (χ4v) is 2.95. The number of benzene rings is 2. The van der Waals surface area contributed by atoms with Gasteiger partial charge in [-0.2, -0.15) is 13.2 Å². The molecule has 0 fully saturated rings. The average Bonchev–Trinajstić information content (AvgIpc) is 2.60. The molecule has 2 aromatic carbocycles. The summed E-state index contributed by atoms with van der Waals surface area (Å²) in [6, 6.07) is 7.07. The number of anilines is 1. The smallest absolute Gasteiger partial charge is 0.491 e. The second-order valence-electron chi connectivity index (χ2n) is 5.37. The number of halogens is 5. The van der Waals surface area contributed by atoms with Crippen LogP contribution in [-0.2, 0) is 9.84 Å². The van der Waals surface area contributed by atoms with Gasteiger partial charge in [0.1, 0.15) is 18.5 Å². The summed E-state index contributed by atoms with van der Waals surface area (Å²) in [4.78, 5) is -0.980. The molecule has 2 aromatic rings. The van der Waals surface area contributed by atoms with Gasteiger partial charge in [-0.3, -0.25) is 0 Å². The van der Waals surface area contributed by atoms with E-state index in [9.17, 15) is 35.5 Å². The molecule has 0 bridgehead atoms. The summed E-state index contributed by atoms with van der Waals surface area (Å²) >= 11 is 0. The first-order chi connectivity index (χ1) is 12.5. The number of hydrogen-bond donors (Lipinski definition) is 2. The van der Waals surface area contributed by atoms with E-state index in [1.165, 1.54) is 6.07 Å². The van der Waals surface area contributed by atoms with Crippen molar-refractivity contribution in [2.45, 2.75) is 16.5 Å². The van der Waals surface area contributed by atoms with Crippen LogP contribution in [0.25, 0.3) is 0 Å². The van der Waals surface area contributed by atoms with Gasteiger partial charge in [-0.05, 0) is 24.3 Å². The zero-order valence-electron chi connectivity index (χ0n) is 13.5. The summed E-state index contributed by atoms with van der Waals surface area (Å²) in [5.74, 6) is -2.29. The maximum atomic E-state index is 13.0. The Hall–Kier alpha value is -2.40. The van der Waals surface area contributed by atoms with E-state index < -0.39 is 44.6 Å². The Labute approximate surface area is 151 Å². The lowest BCUT2D eigenvalue weighted by Gasteiger charge is -2.17. The number of para-hydroxylation sites is 1. The van der Waals surface area contributed by atoms with Gasteiger partial charge in [0.2, 0.25) is 0 Å². The van der Waals surface area contributed by atoms with Crippen molar-refractivity contribution in [1.29, 1.82) is 0 Å². The first kappa shape index (κ1) is 20.9. The quantitative estimate of drug-likeness (QED) is 0.685. The van der Waals surface area contributed by atoms with E-state index in [4.69, 9.17) is 4.74 Å². The lowest BCUT2D eigenvalue weighted by atomic mass is 10.3. The van der Waals surface area contributed by atoms with Crippen LogP contribution in [0.5, 0.6) is 5.75 Å². The minimum Gasteiger partial charge on any atom is -0.491 e. The molecule has 148 valence electrons. The number of alkyl halides is 3. The summed E-state index contributed by atoms with van der Waals surface area (Å²) < 4.78 is 92.2. The summed E-state index contributed by atoms with van der Waals surface area (Å²) in [6.07, 6.45) is -1.28. The topological polar surface area (TPSA) is 75.6 Å². The van der Waals surface area contributed by atoms with Crippen molar-refractivity contribution < 1.29 is 40.2 Å². The van der Waals surface area contributed by atoms with Gasteiger partial charge >= 0.3 is 5.51 Å². The molecule has 0 radical (unpaired) electrons. The van der Waals surface area contributed by atoms with Crippen LogP contribution in [0.2, 0.25) is 0 Å². The molecule has 0 heterocycles. The largest absolute Gasteiger partial charge is 0.501 e. The van der Waals surface area contributed by atoms with E-state index in [0.29, 0.717) is 0 Å². The molecule has 0 aromatic heterocycles. The van der Waals surface area contributed by atoms with Crippen molar-refractivity contribution in [3.8, 4) is 5.75 Å². The first-order valence-corrected chi connectivity index (χ1v) is 8.91. The highest BCUT2D eigenvalue weighted by molar-refractivity contribution is 7.92. The highest BCUT2D eigenvalue weighted by Gasteiger charge is 2.47. The third-order valence-corrected chi connectivity index (χ3v) is 4.89. The molecule has 0 aliphatic heterocycles. The van der Waals surface area contributed by atoms with E-state index in [2.05, 4.69) is 5.32 Å². The molecule has 1 unspecified atom stereocenters. The van der Waals surface area contributed by atoms with Gasteiger partial charge in [0.25, 0.3) is 9.84 Å². The van der Waals surface area contributed by atoms with Gasteiger partial charge in [0.15, 0.2) is 11.6 Å². The third kappa shape index (κ3) is 5.07. The van der Waals surface area contributed by atoms with E-state index in [1.54, 1.807) is 0 Å². The number of sulfone groups is 1. The summed E-state index contributed by atoms with van der Waals surface area (Å²) in [7, 11) is -5.57. The van der Waals surface area contributed by atoms with Gasteiger partial charge in [0, 0.05) is 12.6 Å². The molecule has 0 aliphatic rings. The summed E-state index contributed by atoms with van der Waals surface area (Å²) in [5.41, 5.74) is -5.82. The minimum atomic E-state index is -5.57. The standard InChI is InChI=1S/C16H14F5NO4S/c17-12-6-5-11(7-13(12)18)26-9-10(23)8-22-14-3-1-2-4-15(14)27(24,25)16(19,20)21/h1-7,10,22-23H,8-9H2. The molecular formula is C16H14F5NO4S. The maximum Gasteiger partial charge on any atom is 0.501 e. The lowest BCUT2D eigenvalue weighted by molar-refractivity contribution is -0.0435. The zero-order valence-corrected chi connectivity index (χ0v) is 14.3. The Bertz CT molecular complexity index is 902. The molecule has 2 rings (SSSR count). The van der Waals surface area contributed by atoms with Gasteiger partial charge in [-0.1, -0.05) is 12.1 Å². The van der Waals surface area contributed by atoms with E-state index >= 15 is 0 Å². The lowest BCUT2D eigenvalue weighted by Crippen LogP contribution is -2.28. The SMILES string of the molecule is O=S(=O)(c1ccccc1NCC(O)COc1ccc(F)c(F)c1)C(F)(F)F. The molecule has 0 amide bonds. The van der Waals surface area contributed by atoms with Gasteiger partial charge < -0.3 is 15.2 Å². The van der Waals surface area contributed by atoms with Crippen molar-refractivity contribution in [3.63, 3.8) is 0 Å². The summed E-state index contributed by atoms with van der Waals surface area (Å²) in [6.45, 7) is -0.750. The second kappa shape index (κ2) is 8.09. The maximum absolute atomic E-state index is 13.0. The van der Waals surface area contributed by atoms with Crippen molar-refractivity contribution in [2.24, 2.45) is 0 Å². The number of aliphatic hydroxyl groups excluding tert-OH is 1. The molecular weight excluding hydrogens is 397 g/mol. The van der Waals surface area contributed by atoms with Crippen LogP contribution in [0.15, 0.2) is 47.4 Å². The number of rotatable bonds is 7. The minimum absolute atomic E-state index is 0.0620. The van der Waals surface area contributed by atoms with E-state index in [-0.39, 0.29) is 18.0 Å². The molecule has 2 N–H and O–H groups in total. The van der Waals surface area contributed by atoms with Crippen LogP contribution in [-0.4, -0.2) is 38.3 Å². The van der Waals surface area contributed by atoms with Crippen molar-refractivity contribution in [1.82, 2.24) is 0 Å². The predicted molar refractivity (Wildman–Crippen MR) is 86.0 cm³/mol. The number of hydrogen-bond acceptors (Lipinski definition) is 5. The van der Waals surface area contributed by atoms with Crippen LogP contribution < -0.4 is 10.1 Å². The van der Waals surface area contributed by atoms with Crippen molar-refractivity contribution in [2.75, 3.05) is 18.5 Å². The molecule has 11 heteroatoms. The van der Waals surface area contributed by atoms with Crippen molar-refractivity contribution >= 4 is 15.5 Å². The average molecular weight is 411 g/mol. The van der Waals surface area contributed by atoms with E-state index in [1.807, 2.05) is 0 Å². The highest BCUT2D eigenvalue weighted by atomic mass is 32.2. The second-order valence-corrected chi connectivity index (χ2v) is 7.28. The highest BCUT2D eigenvalue weighted by Crippen LogP contribution is 2.34. The van der Waals surface area contributed by atoms with Crippen molar-refractivity contribution in [3.05, 3.63) is 54.1 Å². The Morgan fingerprint density at radius 1 is 1.07 bits per heavy atom. The van der Waals surface area contributed by atoms with E-state index in [0.717, 1.165) is 36.4 Å². The number of ether oxygens (including phenoxy) is 1. The van der Waals surface area contributed by atoms with Crippen LogP contribution in [0, 0.1) is 11.6 Å². The predicted octanol–water partition coefficient (Wildman–Crippen LogP) is 3.11.